The summed E-state index contributed by atoms with van der Waals surface area (Å²) in [7, 11) is 0. The molecule has 0 radical (unpaired) electrons. The van der Waals surface area contributed by atoms with E-state index in [4.69, 9.17) is 4.98 Å². The molecule has 2 aliphatic heterocycles. The molecule has 386 valence electrons. The van der Waals surface area contributed by atoms with Crippen LogP contribution in [0.2, 0.25) is 0 Å². The van der Waals surface area contributed by atoms with Gasteiger partial charge in [-0.2, -0.15) is 18.2 Å². The summed E-state index contributed by atoms with van der Waals surface area (Å²) in [5.41, 5.74) is 22.7. The van der Waals surface area contributed by atoms with Crippen molar-refractivity contribution in [1.82, 2.24) is 9.55 Å². The maximum Gasteiger partial charge on any atom is 0.409 e. The van der Waals surface area contributed by atoms with Crippen molar-refractivity contribution in [3.05, 3.63) is 290 Å². The molecule has 2 aromatic heterocycles. The Hall–Kier alpha value is -9.16. The summed E-state index contributed by atoms with van der Waals surface area (Å²) in [5.74, 6) is 0.837. The maximum absolute atomic E-state index is 5.11. The summed E-state index contributed by atoms with van der Waals surface area (Å²) < 4.78 is 4.44. The Morgan fingerprint density at radius 1 is 0.400 bits per heavy atom. The van der Waals surface area contributed by atoms with Gasteiger partial charge in [0.25, 0.3) is 6.33 Å². The van der Waals surface area contributed by atoms with Gasteiger partial charge in [0.2, 0.25) is 0 Å². The van der Waals surface area contributed by atoms with Crippen LogP contribution in [0.1, 0.15) is 22.3 Å². The summed E-state index contributed by atoms with van der Waals surface area (Å²) in [6.07, 6.45) is 5.83. The van der Waals surface area contributed by atoms with E-state index in [0.717, 1.165) is 90.3 Å². The number of rotatable bonds is 10. The van der Waals surface area contributed by atoms with Crippen molar-refractivity contribution < 1.29 is 25.6 Å². The first-order valence-electron chi connectivity index (χ1n) is 27.0. The molecule has 2 aliphatic rings. The molecule has 0 unspecified atom stereocenters. The van der Waals surface area contributed by atoms with Crippen LogP contribution in [0.5, 0.6) is 0 Å². The minimum absolute atomic E-state index is 0. The standard InChI is InChI=1S/C70H53B2N7.Pt/c1-49-24-21-25-50(2)68(49)71-76(55-32-13-7-14-33-55)63-43-41-57(74-48-75(62-39-18-17-38-61(62)74)70-59(53-28-9-5-10-29-53)36-23-37-60(70)54-30-11-6-12-31-54)46-65(63)78(71)58-42-44-64-66(47-58)79(67-40-19-20-45-73-67)72(69-51(3)26-22-27-52(69)4)77(64)56-34-15-8-16-35-56;/h5-45H,1-4H3;/q-2;. The third-order valence-corrected chi connectivity index (χ3v) is 15.8. The summed E-state index contributed by atoms with van der Waals surface area (Å²) in [6.45, 7) is 8.32. The van der Waals surface area contributed by atoms with Gasteiger partial charge in [0.05, 0.1) is 16.7 Å². The van der Waals surface area contributed by atoms with Gasteiger partial charge in [-0.1, -0.05) is 233 Å². The minimum atomic E-state index is -0.328. The molecular formula is C70H53B2N7Pt-2. The number of pyridine rings is 1. The number of fused-ring (bicyclic) bond motifs is 3. The molecule has 10 aromatic carbocycles. The van der Waals surface area contributed by atoms with Crippen LogP contribution in [-0.4, -0.2) is 23.5 Å². The Balaban J connectivity index is 0.00000605. The molecule has 0 amide bonds. The SMILES string of the molecule is Cc1cccc(C)c1B1N(c2[c-]c3c(cc2)N(c2ccccc2)B(c2c(C)cccc2C)N3c2ccccn2)c2[c-]c(-n3[c-][n+](-c4c(-c5ccccc5)cccc4-c4ccccc4)c4ccccc43)ccc2N1c1ccccc1.[Pt]. The molecule has 14 rings (SSSR count). The minimum Gasteiger partial charge on any atom is -0.415 e. The second kappa shape index (κ2) is 20.9. The summed E-state index contributed by atoms with van der Waals surface area (Å²) in [4.78, 5) is 14.9. The number of anilines is 8. The van der Waals surface area contributed by atoms with Crippen LogP contribution in [-0.2, 0) is 21.1 Å². The van der Waals surface area contributed by atoms with Gasteiger partial charge in [-0.15, -0.1) is 18.2 Å². The fourth-order valence-corrected chi connectivity index (χ4v) is 12.3. The average Bonchev–Trinajstić information content (AvgIpc) is 4.23. The number of imidazole rings is 1. The van der Waals surface area contributed by atoms with E-state index < -0.39 is 0 Å². The second-order valence-corrected chi connectivity index (χ2v) is 20.5. The summed E-state index contributed by atoms with van der Waals surface area (Å²) in [6, 6.07) is 94.8. The van der Waals surface area contributed by atoms with Crippen LogP contribution in [0.3, 0.4) is 0 Å². The zero-order valence-electron chi connectivity index (χ0n) is 44.8. The zero-order chi connectivity index (χ0) is 53.1. The Morgan fingerprint density at radius 2 is 0.850 bits per heavy atom. The molecule has 0 fully saturated rings. The number of aromatic nitrogens is 3. The largest absolute Gasteiger partial charge is 0.415 e. The molecule has 10 heteroatoms. The molecule has 0 atom stereocenters. The van der Waals surface area contributed by atoms with Crippen molar-refractivity contribution in [2.75, 3.05) is 19.2 Å². The number of nitrogens with zero attached hydrogens (tertiary/aromatic N) is 7. The Bertz CT molecular complexity index is 4140. The van der Waals surface area contributed by atoms with E-state index in [1.165, 1.54) is 33.2 Å². The number of para-hydroxylation sites is 5. The van der Waals surface area contributed by atoms with Crippen molar-refractivity contribution >= 4 is 81.6 Å². The third-order valence-electron chi connectivity index (χ3n) is 15.8. The second-order valence-electron chi connectivity index (χ2n) is 20.5. The number of hydrogen-bond acceptors (Lipinski definition) is 5. The van der Waals surface area contributed by atoms with Crippen LogP contribution in [0.4, 0.5) is 45.6 Å². The zero-order valence-corrected chi connectivity index (χ0v) is 47.0. The predicted octanol–water partition coefficient (Wildman–Crippen LogP) is 14.6. The Morgan fingerprint density at radius 3 is 1.39 bits per heavy atom. The predicted molar refractivity (Wildman–Crippen MR) is 327 cm³/mol. The van der Waals surface area contributed by atoms with E-state index in [-0.39, 0.29) is 35.0 Å². The Kier molecular flexibility index (Phi) is 13.2. The van der Waals surface area contributed by atoms with E-state index in [1.807, 2.05) is 12.3 Å². The Labute approximate surface area is 483 Å². The molecule has 0 bridgehead atoms. The molecular weight excluding hydrogens is 1160 g/mol. The maximum atomic E-state index is 5.11. The van der Waals surface area contributed by atoms with Gasteiger partial charge in [-0.25, -0.2) is 4.98 Å². The van der Waals surface area contributed by atoms with E-state index in [0.29, 0.717) is 0 Å². The van der Waals surface area contributed by atoms with Crippen molar-refractivity contribution in [3.8, 4) is 33.6 Å². The molecule has 7 nitrogen and oxygen atoms in total. The van der Waals surface area contributed by atoms with E-state index >= 15 is 0 Å². The van der Waals surface area contributed by atoms with E-state index in [2.05, 4.69) is 311 Å². The van der Waals surface area contributed by atoms with Crippen molar-refractivity contribution in [2.45, 2.75) is 27.7 Å². The molecule has 12 aromatic rings. The van der Waals surface area contributed by atoms with Gasteiger partial charge in [0.15, 0.2) is 0 Å². The van der Waals surface area contributed by atoms with E-state index in [9.17, 15) is 0 Å². The molecule has 0 N–H and O–H groups in total. The summed E-state index contributed by atoms with van der Waals surface area (Å²) in [5, 5.41) is 0. The van der Waals surface area contributed by atoms with Gasteiger partial charge < -0.3 is 23.8 Å². The third kappa shape index (κ3) is 8.43. The van der Waals surface area contributed by atoms with Crippen molar-refractivity contribution in [1.29, 1.82) is 0 Å². The van der Waals surface area contributed by atoms with Gasteiger partial charge in [0.1, 0.15) is 5.82 Å². The fraction of sp³-hybridized carbons (Fsp3) is 0.0571. The molecule has 4 heterocycles. The molecule has 0 spiro atoms. The monoisotopic (exact) mass is 1210 g/mol. The van der Waals surface area contributed by atoms with Crippen LogP contribution < -0.4 is 34.7 Å². The van der Waals surface area contributed by atoms with Crippen molar-refractivity contribution in [2.24, 2.45) is 0 Å². The topological polar surface area (TPSA) is 34.7 Å². The first kappa shape index (κ1) is 50.3. The fourth-order valence-electron chi connectivity index (χ4n) is 12.3. The smallest absolute Gasteiger partial charge is 0.409 e. The number of aryl methyl sites for hydroxylation is 4. The number of hydrogen-bond donors (Lipinski definition) is 0. The van der Waals surface area contributed by atoms with E-state index in [1.54, 1.807) is 0 Å². The van der Waals surface area contributed by atoms with Gasteiger partial charge in [0, 0.05) is 38.6 Å². The van der Waals surface area contributed by atoms with Crippen LogP contribution in [0, 0.1) is 46.2 Å². The molecule has 0 saturated carbocycles. The normalized spacial score (nSPS) is 12.8. The van der Waals surface area contributed by atoms with Crippen LogP contribution >= 0.6 is 0 Å². The molecule has 0 aliphatic carbocycles. The van der Waals surface area contributed by atoms with Crippen LogP contribution in [0.25, 0.3) is 44.7 Å². The van der Waals surface area contributed by atoms with Gasteiger partial charge in [-0.05, 0) is 103 Å². The van der Waals surface area contributed by atoms with Gasteiger partial charge in [-0.3, -0.25) is 4.57 Å². The molecule has 0 saturated heterocycles. The summed E-state index contributed by atoms with van der Waals surface area (Å²) >= 11 is 0. The van der Waals surface area contributed by atoms with Gasteiger partial charge >= 0.3 is 14.0 Å². The first-order chi connectivity index (χ1) is 38.9. The number of benzene rings is 10. The molecule has 80 heavy (non-hydrogen) atoms. The quantitative estimate of drug-likeness (QED) is 0.0774. The van der Waals surface area contributed by atoms with Crippen LogP contribution in [0.15, 0.2) is 249 Å². The first-order valence-corrected chi connectivity index (χ1v) is 27.0. The average molecular weight is 1210 g/mol. The van der Waals surface area contributed by atoms with Crippen molar-refractivity contribution in [3.63, 3.8) is 0 Å².